The summed E-state index contributed by atoms with van der Waals surface area (Å²) in [4.78, 5) is 13.5. The molecule has 76 valence electrons. The van der Waals surface area contributed by atoms with Crippen molar-refractivity contribution in [1.82, 2.24) is 8.01 Å². The third-order valence-corrected chi connectivity index (χ3v) is 3.20. The molecule has 0 saturated carbocycles. The van der Waals surface area contributed by atoms with E-state index in [1.54, 1.807) is 14.0 Å². The Morgan fingerprint density at radius 1 is 1.38 bits per heavy atom. The van der Waals surface area contributed by atoms with E-state index in [4.69, 9.17) is 4.74 Å². The van der Waals surface area contributed by atoms with Gasteiger partial charge in [-0.3, -0.25) is 4.79 Å². The zero-order valence-electron chi connectivity index (χ0n) is 7.99. The highest BCUT2D eigenvalue weighted by Gasteiger charge is 2.23. The molecule has 0 aromatic rings. The maximum Gasteiger partial charge on any atom is 0.251 e. The summed E-state index contributed by atoms with van der Waals surface area (Å²) < 4.78 is 7.18. The van der Waals surface area contributed by atoms with Crippen molar-refractivity contribution in [3.63, 3.8) is 0 Å². The number of piperazine rings is 1. The smallest absolute Gasteiger partial charge is 0.251 e. The fraction of sp³-hybridized carbons (Fsp3) is 0.875. The van der Waals surface area contributed by atoms with Crippen LogP contribution in [0.2, 0.25) is 0 Å². The number of hydrogen-bond acceptors (Lipinski definition) is 3. The lowest BCUT2D eigenvalue weighted by Crippen LogP contribution is -2.48. The van der Waals surface area contributed by atoms with Crippen molar-refractivity contribution in [2.75, 3.05) is 33.3 Å². The fourth-order valence-corrected chi connectivity index (χ4v) is 1.69. The van der Waals surface area contributed by atoms with Gasteiger partial charge >= 0.3 is 0 Å². The Hall–Kier alpha value is 0.120. The molecular formula is C8H15IN2O2. The van der Waals surface area contributed by atoms with Crippen LogP contribution >= 0.6 is 22.9 Å². The quantitative estimate of drug-likeness (QED) is 0.550. The molecule has 1 aliphatic rings. The monoisotopic (exact) mass is 298 g/mol. The van der Waals surface area contributed by atoms with E-state index in [1.807, 2.05) is 4.90 Å². The summed E-state index contributed by atoms with van der Waals surface area (Å²) in [5.74, 6) is 0.104. The molecule has 0 aliphatic carbocycles. The number of nitrogens with zero attached hydrogens (tertiary/aromatic N) is 2. The van der Waals surface area contributed by atoms with Crippen molar-refractivity contribution < 1.29 is 9.53 Å². The van der Waals surface area contributed by atoms with Gasteiger partial charge in [0.2, 0.25) is 0 Å². The first-order valence-corrected chi connectivity index (χ1v) is 5.34. The molecule has 0 radical (unpaired) electrons. The number of methoxy groups -OCH3 is 1. The molecule has 4 nitrogen and oxygen atoms in total. The summed E-state index contributed by atoms with van der Waals surface area (Å²) in [6.07, 6.45) is -0.305. The molecule has 1 heterocycles. The Morgan fingerprint density at radius 2 is 1.92 bits per heavy atom. The van der Waals surface area contributed by atoms with Gasteiger partial charge in [-0.15, -0.1) is 0 Å². The first-order chi connectivity index (χ1) is 6.15. The largest absolute Gasteiger partial charge is 0.372 e. The average Bonchev–Trinajstić information content (AvgIpc) is 2.17. The minimum Gasteiger partial charge on any atom is -0.372 e. The van der Waals surface area contributed by atoms with E-state index in [1.165, 1.54) is 0 Å². The van der Waals surface area contributed by atoms with Gasteiger partial charge in [0.25, 0.3) is 5.91 Å². The predicted octanol–water partition coefficient (Wildman–Crippen LogP) is 0.516. The number of rotatable bonds is 2. The van der Waals surface area contributed by atoms with E-state index in [0.29, 0.717) is 0 Å². The Labute approximate surface area is 92.7 Å². The van der Waals surface area contributed by atoms with Gasteiger partial charge in [-0.1, -0.05) is 0 Å². The molecule has 1 atom stereocenters. The third-order valence-electron chi connectivity index (χ3n) is 2.24. The molecule has 1 rings (SSSR count). The summed E-state index contributed by atoms with van der Waals surface area (Å²) in [5, 5.41) is 0. The number of hydrogen-bond donors (Lipinski definition) is 0. The summed E-state index contributed by atoms with van der Waals surface area (Å²) in [6.45, 7) is 5.31. The van der Waals surface area contributed by atoms with Crippen LogP contribution in [0.25, 0.3) is 0 Å². The van der Waals surface area contributed by atoms with Crippen LogP contribution in [0.15, 0.2) is 0 Å². The number of halogens is 1. The van der Waals surface area contributed by atoms with Crippen LogP contribution in [0.3, 0.4) is 0 Å². The number of carbonyl (C=O) groups is 1. The molecule has 0 bridgehead atoms. The summed E-state index contributed by atoms with van der Waals surface area (Å²) >= 11 is 2.28. The average molecular weight is 298 g/mol. The molecule has 1 fully saturated rings. The molecular weight excluding hydrogens is 283 g/mol. The summed E-state index contributed by atoms with van der Waals surface area (Å²) in [7, 11) is 1.57. The first kappa shape index (κ1) is 11.2. The van der Waals surface area contributed by atoms with Crippen LogP contribution < -0.4 is 0 Å². The minimum absolute atomic E-state index is 0.104. The molecule has 1 aliphatic heterocycles. The minimum atomic E-state index is -0.305. The molecule has 5 heteroatoms. The van der Waals surface area contributed by atoms with Gasteiger partial charge < -0.3 is 9.64 Å². The zero-order valence-corrected chi connectivity index (χ0v) is 10.2. The van der Waals surface area contributed by atoms with Gasteiger partial charge in [-0.05, 0) is 6.92 Å². The summed E-state index contributed by atoms with van der Waals surface area (Å²) in [5.41, 5.74) is 0. The third kappa shape index (κ3) is 3.07. The predicted molar refractivity (Wildman–Crippen MR) is 58.6 cm³/mol. The Bertz CT molecular complexity index is 181. The maximum atomic E-state index is 11.6. The molecule has 13 heavy (non-hydrogen) atoms. The topological polar surface area (TPSA) is 32.8 Å². The van der Waals surface area contributed by atoms with Crippen molar-refractivity contribution in [2.45, 2.75) is 13.0 Å². The molecule has 1 saturated heterocycles. The van der Waals surface area contributed by atoms with Crippen LogP contribution in [0.5, 0.6) is 0 Å². The molecule has 0 aromatic heterocycles. The Kier molecular flexibility index (Phi) is 4.40. The maximum absolute atomic E-state index is 11.6. The van der Waals surface area contributed by atoms with E-state index in [0.717, 1.165) is 26.2 Å². The summed E-state index contributed by atoms with van der Waals surface area (Å²) in [6, 6.07) is 0. The number of carbonyl (C=O) groups excluding carboxylic acids is 1. The molecule has 0 spiro atoms. The van der Waals surface area contributed by atoms with Crippen LogP contribution in [0.1, 0.15) is 6.92 Å². The lowest BCUT2D eigenvalue weighted by molar-refractivity contribution is -0.141. The Balaban J connectivity index is 2.40. The first-order valence-electron chi connectivity index (χ1n) is 4.37. The SMILES string of the molecule is COC(C)C(=O)N1CCN(I)CC1. The van der Waals surface area contributed by atoms with E-state index >= 15 is 0 Å². The van der Waals surface area contributed by atoms with Gasteiger partial charge in [-0.25, -0.2) is 3.11 Å². The highest BCUT2D eigenvalue weighted by Crippen LogP contribution is 2.08. The second-order valence-corrected chi connectivity index (χ2v) is 4.48. The van der Waals surface area contributed by atoms with Crippen molar-refractivity contribution in [1.29, 1.82) is 0 Å². The molecule has 0 N–H and O–H groups in total. The fourth-order valence-electron chi connectivity index (χ4n) is 1.26. The van der Waals surface area contributed by atoms with Gasteiger partial charge in [0.1, 0.15) is 6.10 Å². The highest BCUT2D eigenvalue weighted by molar-refractivity contribution is 14.1. The molecule has 0 aromatic carbocycles. The normalized spacial score (nSPS) is 21.6. The van der Waals surface area contributed by atoms with Gasteiger partial charge in [0, 0.05) is 56.2 Å². The van der Waals surface area contributed by atoms with Gasteiger partial charge in [-0.2, -0.15) is 0 Å². The second-order valence-electron chi connectivity index (χ2n) is 3.11. The standard InChI is InChI=1S/C8H15IN2O2/c1-7(13-2)8(12)10-3-5-11(9)6-4-10/h7H,3-6H2,1-2H3. The Morgan fingerprint density at radius 3 is 2.38 bits per heavy atom. The van der Waals surface area contributed by atoms with Crippen LogP contribution in [0.4, 0.5) is 0 Å². The van der Waals surface area contributed by atoms with Crippen molar-refractivity contribution in [2.24, 2.45) is 0 Å². The lowest BCUT2D eigenvalue weighted by atomic mass is 10.3. The van der Waals surface area contributed by atoms with E-state index in [2.05, 4.69) is 26.0 Å². The van der Waals surface area contributed by atoms with E-state index < -0.39 is 0 Å². The molecule has 1 unspecified atom stereocenters. The van der Waals surface area contributed by atoms with Crippen LogP contribution in [0, 0.1) is 0 Å². The van der Waals surface area contributed by atoms with E-state index in [-0.39, 0.29) is 12.0 Å². The van der Waals surface area contributed by atoms with Gasteiger partial charge in [0.05, 0.1) is 0 Å². The second kappa shape index (κ2) is 5.11. The highest BCUT2D eigenvalue weighted by atomic mass is 127. The van der Waals surface area contributed by atoms with E-state index in [9.17, 15) is 4.79 Å². The number of amides is 1. The van der Waals surface area contributed by atoms with Crippen LogP contribution in [-0.4, -0.2) is 53.3 Å². The van der Waals surface area contributed by atoms with Crippen LogP contribution in [-0.2, 0) is 9.53 Å². The zero-order chi connectivity index (χ0) is 9.84. The van der Waals surface area contributed by atoms with Crippen molar-refractivity contribution >= 4 is 28.8 Å². The van der Waals surface area contributed by atoms with Crippen molar-refractivity contribution in [3.8, 4) is 0 Å². The lowest BCUT2D eigenvalue weighted by Gasteiger charge is -2.32. The van der Waals surface area contributed by atoms with Crippen molar-refractivity contribution in [3.05, 3.63) is 0 Å². The number of ether oxygens (including phenoxy) is 1. The van der Waals surface area contributed by atoms with Gasteiger partial charge in [0.15, 0.2) is 0 Å². The molecule has 1 amide bonds.